The molecule has 0 unspecified atom stereocenters. The van der Waals surface area contributed by atoms with Crippen LogP contribution in [0.25, 0.3) is 0 Å². The predicted octanol–water partition coefficient (Wildman–Crippen LogP) is 2.97. The number of benzene rings is 1. The number of anilines is 1. The van der Waals surface area contributed by atoms with Crippen molar-refractivity contribution < 1.29 is 0 Å². The lowest BCUT2D eigenvalue weighted by Gasteiger charge is -2.16. The van der Waals surface area contributed by atoms with Crippen molar-refractivity contribution in [3.8, 4) is 0 Å². The highest BCUT2D eigenvalue weighted by Crippen LogP contribution is 2.15. The summed E-state index contributed by atoms with van der Waals surface area (Å²) in [5.41, 5.74) is 10.3. The van der Waals surface area contributed by atoms with E-state index in [1.807, 2.05) is 19.9 Å². The fraction of sp³-hybridized carbons (Fsp3) is 0.357. The van der Waals surface area contributed by atoms with Gasteiger partial charge in [0.15, 0.2) is 0 Å². The molecule has 3 nitrogen and oxygen atoms in total. The molecule has 0 aliphatic rings. The molecule has 0 radical (unpaired) electrons. The monoisotopic (exact) mass is 261 g/mol. The summed E-state index contributed by atoms with van der Waals surface area (Å²) in [6.45, 7) is 5.88. The number of nitrogens with two attached hydrogens (primary N) is 1. The third-order valence-corrected chi connectivity index (χ3v) is 3.71. The van der Waals surface area contributed by atoms with E-state index < -0.39 is 0 Å². The van der Waals surface area contributed by atoms with E-state index in [0.29, 0.717) is 0 Å². The SMILES string of the molecule is Cc1nc(CN(C)Cc2ccc(N)c(C)c2)cs1. The second kappa shape index (κ2) is 5.50. The summed E-state index contributed by atoms with van der Waals surface area (Å²) >= 11 is 1.70. The van der Waals surface area contributed by atoms with Crippen molar-refractivity contribution in [3.05, 3.63) is 45.4 Å². The van der Waals surface area contributed by atoms with Gasteiger partial charge >= 0.3 is 0 Å². The van der Waals surface area contributed by atoms with E-state index in [4.69, 9.17) is 5.73 Å². The van der Waals surface area contributed by atoms with E-state index >= 15 is 0 Å². The predicted molar refractivity (Wildman–Crippen MR) is 77.6 cm³/mol. The molecule has 0 atom stereocenters. The number of aromatic nitrogens is 1. The topological polar surface area (TPSA) is 42.2 Å². The Morgan fingerprint density at radius 2 is 2.06 bits per heavy atom. The van der Waals surface area contributed by atoms with E-state index in [2.05, 4.69) is 34.4 Å². The Morgan fingerprint density at radius 3 is 2.67 bits per heavy atom. The quantitative estimate of drug-likeness (QED) is 0.860. The van der Waals surface area contributed by atoms with Crippen LogP contribution in [0.15, 0.2) is 23.6 Å². The van der Waals surface area contributed by atoms with Crippen LogP contribution in [0.2, 0.25) is 0 Å². The Bertz CT molecular complexity index is 534. The molecular weight excluding hydrogens is 242 g/mol. The van der Waals surface area contributed by atoms with Crippen molar-refractivity contribution in [1.82, 2.24) is 9.88 Å². The van der Waals surface area contributed by atoms with Crippen LogP contribution in [0, 0.1) is 13.8 Å². The summed E-state index contributed by atoms with van der Waals surface area (Å²) in [5.74, 6) is 0. The Kier molecular flexibility index (Phi) is 3.99. The van der Waals surface area contributed by atoms with Gasteiger partial charge in [-0.15, -0.1) is 11.3 Å². The van der Waals surface area contributed by atoms with Gasteiger partial charge in [-0.3, -0.25) is 4.90 Å². The van der Waals surface area contributed by atoms with E-state index in [1.165, 1.54) is 5.56 Å². The average molecular weight is 261 g/mol. The summed E-state index contributed by atoms with van der Waals surface area (Å²) in [5, 5.41) is 3.25. The van der Waals surface area contributed by atoms with E-state index in [-0.39, 0.29) is 0 Å². The second-order valence-corrected chi connectivity index (χ2v) is 5.78. The van der Waals surface area contributed by atoms with E-state index in [9.17, 15) is 0 Å². The van der Waals surface area contributed by atoms with Crippen LogP contribution in [0.1, 0.15) is 21.8 Å². The maximum absolute atomic E-state index is 5.82. The van der Waals surface area contributed by atoms with Crippen LogP contribution < -0.4 is 5.73 Å². The standard InChI is InChI=1S/C14H19N3S/c1-10-6-12(4-5-14(10)15)7-17(3)8-13-9-18-11(2)16-13/h4-6,9H,7-8,15H2,1-3H3. The highest BCUT2D eigenvalue weighted by atomic mass is 32.1. The normalized spacial score (nSPS) is 11.1. The minimum absolute atomic E-state index is 0.858. The Labute approximate surface area is 112 Å². The molecule has 0 saturated heterocycles. The smallest absolute Gasteiger partial charge is 0.0897 e. The number of nitrogen functional groups attached to an aromatic ring is 1. The number of aryl methyl sites for hydroxylation is 2. The molecule has 1 aromatic carbocycles. The van der Waals surface area contributed by atoms with Gasteiger partial charge in [-0.1, -0.05) is 12.1 Å². The molecule has 2 rings (SSSR count). The molecule has 2 aromatic rings. The summed E-state index contributed by atoms with van der Waals surface area (Å²) in [4.78, 5) is 6.74. The summed E-state index contributed by atoms with van der Waals surface area (Å²) in [6, 6.07) is 6.22. The first kappa shape index (κ1) is 13.1. The molecule has 4 heteroatoms. The Hall–Kier alpha value is -1.39. The lowest BCUT2D eigenvalue weighted by Crippen LogP contribution is -2.17. The van der Waals surface area contributed by atoms with Crippen LogP contribution in [-0.4, -0.2) is 16.9 Å². The first-order valence-corrected chi connectivity index (χ1v) is 6.87. The third-order valence-electron chi connectivity index (χ3n) is 2.89. The number of rotatable bonds is 4. The van der Waals surface area contributed by atoms with Crippen LogP contribution >= 0.6 is 11.3 Å². The summed E-state index contributed by atoms with van der Waals surface area (Å²) in [7, 11) is 2.11. The molecule has 1 aromatic heterocycles. The van der Waals surface area contributed by atoms with Gasteiger partial charge in [0.05, 0.1) is 10.7 Å². The first-order chi connectivity index (χ1) is 8.54. The highest BCUT2D eigenvalue weighted by Gasteiger charge is 2.05. The van der Waals surface area contributed by atoms with Gasteiger partial charge < -0.3 is 5.73 Å². The maximum atomic E-state index is 5.82. The number of nitrogens with zero attached hydrogens (tertiary/aromatic N) is 2. The van der Waals surface area contributed by atoms with Gasteiger partial charge in [-0.25, -0.2) is 4.98 Å². The fourth-order valence-corrected chi connectivity index (χ4v) is 2.56. The van der Waals surface area contributed by atoms with Gasteiger partial charge in [0, 0.05) is 24.2 Å². The Balaban J connectivity index is 1.98. The highest BCUT2D eigenvalue weighted by molar-refractivity contribution is 7.09. The minimum Gasteiger partial charge on any atom is -0.399 e. The van der Waals surface area contributed by atoms with E-state index in [0.717, 1.165) is 35.0 Å². The van der Waals surface area contributed by atoms with Gasteiger partial charge in [-0.2, -0.15) is 0 Å². The molecular formula is C14H19N3S. The number of hydrogen-bond donors (Lipinski definition) is 1. The lowest BCUT2D eigenvalue weighted by molar-refractivity contribution is 0.315. The maximum Gasteiger partial charge on any atom is 0.0897 e. The van der Waals surface area contributed by atoms with Crippen LogP contribution in [0.5, 0.6) is 0 Å². The van der Waals surface area contributed by atoms with Crippen LogP contribution in [0.4, 0.5) is 5.69 Å². The minimum atomic E-state index is 0.858. The van der Waals surface area contributed by atoms with Crippen LogP contribution in [0.3, 0.4) is 0 Å². The van der Waals surface area contributed by atoms with Gasteiger partial charge in [0.1, 0.15) is 0 Å². The fourth-order valence-electron chi connectivity index (χ4n) is 1.96. The van der Waals surface area contributed by atoms with Gasteiger partial charge in [0.25, 0.3) is 0 Å². The zero-order valence-corrected chi connectivity index (χ0v) is 11.9. The summed E-state index contributed by atoms with van der Waals surface area (Å²) < 4.78 is 0. The van der Waals surface area contributed by atoms with Crippen molar-refractivity contribution in [3.63, 3.8) is 0 Å². The Morgan fingerprint density at radius 1 is 1.28 bits per heavy atom. The third kappa shape index (κ3) is 3.31. The zero-order chi connectivity index (χ0) is 13.1. The molecule has 0 aliphatic carbocycles. The van der Waals surface area contributed by atoms with Crippen LogP contribution in [-0.2, 0) is 13.1 Å². The molecule has 18 heavy (non-hydrogen) atoms. The molecule has 0 bridgehead atoms. The van der Waals surface area contributed by atoms with Crippen molar-refractivity contribution in [2.45, 2.75) is 26.9 Å². The molecule has 0 amide bonds. The molecule has 96 valence electrons. The van der Waals surface area contributed by atoms with Crippen molar-refractivity contribution >= 4 is 17.0 Å². The first-order valence-electron chi connectivity index (χ1n) is 5.99. The molecule has 0 spiro atoms. The molecule has 1 heterocycles. The van der Waals surface area contributed by atoms with Crippen molar-refractivity contribution in [2.75, 3.05) is 12.8 Å². The molecule has 0 aliphatic heterocycles. The summed E-state index contributed by atoms with van der Waals surface area (Å²) in [6.07, 6.45) is 0. The lowest BCUT2D eigenvalue weighted by atomic mass is 10.1. The zero-order valence-electron chi connectivity index (χ0n) is 11.1. The van der Waals surface area contributed by atoms with E-state index in [1.54, 1.807) is 11.3 Å². The average Bonchev–Trinajstić information content (AvgIpc) is 2.69. The molecule has 0 saturated carbocycles. The van der Waals surface area contributed by atoms with Crippen molar-refractivity contribution in [2.24, 2.45) is 0 Å². The van der Waals surface area contributed by atoms with Crippen molar-refractivity contribution in [1.29, 1.82) is 0 Å². The van der Waals surface area contributed by atoms with Gasteiger partial charge in [-0.05, 0) is 38.1 Å². The van der Waals surface area contributed by atoms with Gasteiger partial charge in [0.2, 0.25) is 0 Å². The largest absolute Gasteiger partial charge is 0.399 e. The second-order valence-electron chi connectivity index (χ2n) is 4.72. The number of hydrogen-bond acceptors (Lipinski definition) is 4. The molecule has 0 fully saturated rings. The molecule has 2 N–H and O–H groups in total. The number of thiazole rings is 1.